The zero-order valence-electron chi connectivity index (χ0n) is 12.9. The van der Waals surface area contributed by atoms with Gasteiger partial charge in [-0.25, -0.2) is 4.79 Å². The van der Waals surface area contributed by atoms with Crippen molar-refractivity contribution in [2.24, 2.45) is 0 Å². The van der Waals surface area contributed by atoms with E-state index in [1.54, 1.807) is 18.2 Å². The molecule has 0 spiro atoms. The van der Waals surface area contributed by atoms with E-state index in [1.807, 2.05) is 24.3 Å². The number of hydrogen-bond acceptors (Lipinski definition) is 4. The molecule has 0 aromatic heterocycles. The predicted octanol–water partition coefficient (Wildman–Crippen LogP) is 3.71. The lowest BCUT2D eigenvalue weighted by Crippen LogP contribution is -2.28. The number of halogens is 1. The molecule has 2 aromatic rings. The van der Waals surface area contributed by atoms with Crippen molar-refractivity contribution in [3.8, 4) is 11.5 Å². The summed E-state index contributed by atoms with van der Waals surface area (Å²) in [5.41, 5.74) is 1.39. The molecule has 1 aliphatic heterocycles. The Labute approximate surface area is 144 Å². The maximum atomic E-state index is 12.6. The molecule has 0 aliphatic carbocycles. The Hall–Kier alpha value is -2.79. The number of hydrogen-bond donors (Lipinski definition) is 0. The van der Waals surface area contributed by atoms with Crippen LogP contribution in [0.2, 0.25) is 5.02 Å². The summed E-state index contributed by atoms with van der Waals surface area (Å²) in [4.78, 5) is 25.3. The normalized spacial score (nSPS) is 12.8. The van der Waals surface area contributed by atoms with Gasteiger partial charge in [0, 0.05) is 22.7 Å². The molecular weight excluding hydrogens is 330 g/mol. The molecule has 122 valence electrons. The summed E-state index contributed by atoms with van der Waals surface area (Å²) in [6.07, 6.45) is 2.26. The number of esters is 1. The zero-order chi connectivity index (χ0) is 17.1. The van der Waals surface area contributed by atoms with E-state index in [1.165, 1.54) is 18.1 Å². The molecule has 1 heterocycles. The summed E-state index contributed by atoms with van der Waals surface area (Å²) < 4.78 is 10.4. The Balaban J connectivity index is 2.04. The Morgan fingerprint density at radius 1 is 1.17 bits per heavy atom. The first kappa shape index (κ1) is 16.1. The molecule has 2 aromatic carbocycles. The number of carbonyl (C=O) groups excluding carboxylic acids is 2. The van der Waals surface area contributed by atoms with E-state index in [9.17, 15) is 9.59 Å². The third-order valence-corrected chi connectivity index (χ3v) is 3.80. The van der Waals surface area contributed by atoms with Crippen molar-refractivity contribution in [1.82, 2.24) is 0 Å². The van der Waals surface area contributed by atoms with Crippen molar-refractivity contribution in [3.05, 3.63) is 65.2 Å². The molecule has 24 heavy (non-hydrogen) atoms. The average molecular weight is 344 g/mol. The van der Waals surface area contributed by atoms with E-state index in [0.29, 0.717) is 28.8 Å². The van der Waals surface area contributed by atoms with Crippen molar-refractivity contribution < 1.29 is 19.1 Å². The van der Waals surface area contributed by atoms with Gasteiger partial charge in [-0.2, -0.15) is 0 Å². The molecule has 6 heteroatoms. The molecule has 0 atom stereocenters. The molecular formula is C18H14ClNO4. The van der Waals surface area contributed by atoms with Crippen LogP contribution in [0.25, 0.3) is 0 Å². The Bertz CT molecular complexity index is 832. The minimum Gasteiger partial charge on any atom is -0.466 e. The quantitative estimate of drug-likeness (QED) is 0.616. The number of fused-ring (bicyclic) bond motifs is 2. The van der Waals surface area contributed by atoms with Gasteiger partial charge in [0.05, 0.1) is 19.3 Å². The van der Waals surface area contributed by atoms with Crippen LogP contribution in [0.1, 0.15) is 5.56 Å². The molecule has 0 saturated heterocycles. The van der Waals surface area contributed by atoms with Crippen molar-refractivity contribution in [3.63, 3.8) is 0 Å². The van der Waals surface area contributed by atoms with Gasteiger partial charge >= 0.3 is 5.97 Å². The molecule has 5 nitrogen and oxygen atoms in total. The Morgan fingerprint density at radius 2 is 1.96 bits per heavy atom. The van der Waals surface area contributed by atoms with Crippen LogP contribution in [0.15, 0.2) is 54.6 Å². The van der Waals surface area contributed by atoms with E-state index in [4.69, 9.17) is 16.3 Å². The molecule has 0 fully saturated rings. The highest BCUT2D eigenvalue weighted by molar-refractivity contribution is 6.31. The fourth-order valence-corrected chi connectivity index (χ4v) is 2.56. The van der Waals surface area contributed by atoms with Crippen molar-refractivity contribution in [1.29, 1.82) is 0 Å². The highest BCUT2D eigenvalue weighted by Gasteiger charge is 2.24. The highest BCUT2D eigenvalue weighted by atomic mass is 35.5. The number of methoxy groups -OCH3 is 1. The van der Waals surface area contributed by atoms with E-state index in [2.05, 4.69) is 4.74 Å². The molecule has 3 rings (SSSR count). The molecule has 1 amide bonds. The molecule has 0 N–H and O–H groups in total. The van der Waals surface area contributed by atoms with Crippen LogP contribution in [0.4, 0.5) is 5.69 Å². The van der Waals surface area contributed by atoms with Gasteiger partial charge in [-0.15, -0.1) is 0 Å². The van der Waals surface area contributed by atoms with Crippen LogP contribution >= 0.6 is 11.6 Å². The second kappa shape index (κ2) is 6.76. The van der Waals surface area contributed by atoms with E-state index < -0.39 is 5.97 Å². The number of benzene rings is 2. The summed E-state index contributed by atoms with van der Waals surface area (Å²) >= 11 is 6.08. The number of amides is 1. The second-order valence-electron chi connectivity index (χ2n) is 5.10. The summed E-state index contributed by atoms with van der Waals surface area (Å²) in [7, 11) is 1.25. The lowest BCUT2D eigenvalue weighted by atomic mass is 10.2. The number of rotatable bonds is 2. The van der Waals surface area contributed by atoms with E-state index in [0.717, 1.165) is 11.6 Å². The first-order valence-corrected chi connectivity index (χ1v) is 7.59. The summed E-state index contributed by atoms with van der Waals surface area (Å²) in [6, 6.07) is 12.5. The minimum atomic E-state index is -0.596. The van der Waals surface area contributed by atoms with E-state index in [-0.39, 0.29) is 5.91 Å². The third kappa shape index (κ3) is 3.26. The smallest absolute Gasteiger partial charge is 0.330 e. The molecule has 0 unspecified atom stereocenters. The standard InChI is InChI=1S/C18H14ClNO4/c1-23-18(22)9-8-17(21)20-11-12-4-2-3-5-15(12)24-16-7-6-13(19)10-14(16)20/h2-10H,11H2,1H3/b9-8+. The van der Waals surface area contributed by atoms with Crippen LogP contribution in [0.3, 0.4) is 0 Å². The fraction of sp³-hybridized carbons (Fsp3) is 0.111. The molecule has 0 radical (unpaired) electrons. The topological polar surface area (TPSA) is 55.8 Å². The van der Waals surface area contributed by atoms with Crippen molar-refractivity contribution in [2.45, 2.75) is 6.54 Å². The second-order valence-corrected chi connectivity index (χ2v) is 5.54. The third-order valence-electron chi connectivity index (χ3n) is 3.56. The van der Waals surface area contributed by atoms with Crippen LogP contribution in [0, 0.1) is 0 Å². The fourth-order valence-electron chi connectivity index (χ4n) is 2.39. The lowest BCUT2D eigenvalue weighted by molar-refractivity contribution is -0.135. The van der Waals surface area contributed by atoms with Crippen LogP contribution in [0.5, 0.6) is 11.5 Å². The summed E-state index contributed by atoms with van der Waals surface area (Å²) in [5.74, 6) is 0.225. The summed E-state index contributed by atoms with van der Waals surface area (Å²) in [6.45, 7) is 0.299. The predicted molar refractivity (Wildman–Crippen MR) is 90.3 cm³/mol. The van der Waals surface area contributed by atoms with Gasteiger partial charge in [0.25, 0.3) is 5.91 Å². The SMILES string of the molecule is COC(=O)/C=C/C(=O)N1Cc2ccccc2Oc2ccc(Cl)cc21. The van der Waals surface area contributed by atoms with Gasteiger partial charge in [0.2, 0.25) is 0 Å². The van der Waals surface area contributed by atoms with Crippen molar-refractivity contribution >= 4 is 29.2 Å². The molecule has 0 bridgehead atoms. The average Bonchev–Trinajstić information content (AvgIpc) is 2.75. The molecule has 1 aliphatic rings. The van der Waals surface area contributed by atoms with E-state index >= 15 is 0 Å². The number of nitrogens with zero attached hydrogens (tertiary/aromatic N) is 1. The largest absolute Gasteiger partial charge is 0.466 e. The van der Waals surface area contributed by atoms with Crippen LogP contribution in [-0.2, 0) is 20.9 Å². The van der Waals surface area contributed by atoms with Gasteiger partial charge in [0.15, 0.2) is 5.75 Å². The van der Waals surface area contributed by atoms with Crippen LogP contribution in [-0.4, -0.2) is 19.0 Å². The number of anilines is 1. The van der Waals surface area contributed by atoms with Gasteiger partial charge in [0.1, 0.15) is 5.75 Å². The minimum absolute atomic E-state index is 0.299. The molecule has 0 saturated carbocycles. The zero-order valence-corrected chi connectivity index (χ0v) is 13.6. The monoisotopic (exact) mass is 343 g/mol. The highest BCUT2D eigenvalue weighted by Crippen LogP contribution is 2.40. The number of carbonyl (C=O) groups is 2. The number of para-hydroxylation sites is 1. The van der Waals surface area contributed by atoms with Gasteiger partial charge < -0.3 is 14.4 Å². The lowest BCUT2D eigenvalue weighted by Gasteiger charge is -2.20. The van der Waals surface area contributed by atoms with Crippen LogP contribution < -0.4 is 9.64 Å². The van der Waals surface area contributed by atoms with Gasteiger partial charge in [-0.3, -0.25) is 4.79 Å². The Morgan fingerprint density at radius 3 is 2.75 bits per heavy atom. The van der Waals surface area contributed by atoms with Gasteiger partial charge in [-0.05, 0) is 24.3 Å². The van der Waals surface area contributed by atoms with Gasteiger partial charge in [-0.1, -0.05) is 29.8 Å². The first-order chi connectivity index (χ1) is 11.6. The maximum Gasteiger partial charge on any atom is 0.330 e. The maximum absolute atomic E-state index is 12.6. The number of ether oxygens (including phenoxy) is 2. The summed E-state index contributed by atoms with van der Waals surface area (Å²) in [5, 5.41) is 0.484. The van der Waals surface area contributed by atoms with Crippen molar-refractivity contribution in [2.75, 3.05) is 12.0 Å². The Kier molecular flexibility index (Phi) is 4.53. The first-order valence-electron chi connectivity index (χ1n) is 7.21.